The van der Waals surface area contributed by atoms with Crippen molar-refractivity contribution >= 4 is 34.1 Å². The molecule has 0 unspecified atom stereocenters. The predicted octanol–water partition coefficient (Wildman–Crippen LogP) is 3.21. The quantitative estimate of drug-likeness (QED) is 0.830. The first kappa shape index (κ1) is 16.7. The fourth-order valence-electron chi connectivity index (χ4n) is 1.49. The molecule has 0 N–H and O–H groups in total. The first-order chi connectivity index (χ1) is 10.4. The Morgan fingerprint density at radius 3 is 2.82 bits per heavy atom. The lowest BCUT2D eigenvalue weighted by Crippen LogP contribution is -2.26. The number of halogens is 3. The second-order valence-electron chi connectivity index (χ2n) is 4.13. The maximum absolute atomic E-state index is 12.0. The summed E-state index contributed by atoms with van der Waals surface area (Å²) in [5.41, 5.74) is -3.56. The zero-order valence-electron chi connectivity index (χ0n) is 11.4. The number of carbonyl (C=O) groups is 1. The van der Waals surface area contributed by atoms with Gasteiger partial charge in [0.1, 0.15) is 0 Å². The van der Waals surface area contributed by atoms with Gasteiger partial charge in [0.25, 0.3) is 0 Å². The summed E-state index contributed by atoms with van der Waals surface area (Å²) in [5, 5.41) is 8.77. The van der Waals surface area contributed by atoms with E-state index in [1.165, 1.54) is 23.3 Å². The van der Waals surface area contributed by atoms with E-state index >= 15 is 0 Å². The zero-order valence-corrected chi connectivity index (χ0v) is 13.0. The molecule has 2 rings (SSSR count). The van der Waals surface area contributed by atoms with Crippen molar-refractivity contribution in [1.82, 2.24) is 15.2 Å². The van der Waals surface area contributed by atoms with Gasteiger partial charge < -0.3 is 0 Å². The van der Waals surface area contributed by atoms with E-state index in [1.807, 2.05) is 0 Å². The van der Waals surface area contributed by atoms with Crippen molar-refractivity contribution in [3.05, 3.63) is 24.5 Å². The molecule has 1 amide bonds. The lowest BCUT2D eigenvalue weighted by atomic mass is 10.3. The molecule has 0 bridgehead atoms. The van der Waals surface area contributed by atoms with E-state index in [2.05, 4.69) is 15.2 Å². The van der Waals surface area contributed by atoms with E-state index in [0.717, 1.165) is 5.56 Å². The van der Waals surface area contributed by atoms with Crippen LogP contribution < -0.4 is 4.90 Å². The van der Waals surface area contributed by atoms with Gasteiger partial charge in [-0.25, -0.2) is 0 Å². The average molecular weight is 348 g/mol. The van der Waals surface area contributed by atoms with E-state index in [1.54, 1.807) is 24.5 Å². The first-order valence-corrected chi connectivity index (χ1v) is 7.88. The zero-order chi connectivity index (χ0) is 16.2. The van der Waals surface area contributed by atoms with Crippen molar-refractivity contribution < 1.29 is 18.0 Å². The molecule has 2 heterocycles. The van der Waals surface area contributed by atoms with Crippen molar-refractivity contribution in [1.29, 1.82) is 0 Å². The smallest absolute Gasteiger partial charge is 0.290 e. The van der Waals surface area contributed by atoms with Gasteiger partial charge in [-0.1, -0.05) is 23.1 Å². The second kappa shape index (κ2) is 7.05. The van der Waals surface area contributed by atoms with Gasteiger partial charge in [0.05, 0.1) is 0 Å². The molecule has 5 nitrogen and oxygen atoms in total. The maximum atomic E-state index is 12.0. The molecule has 0 fully saturated rings. The van der Waals surface area contributed by atoms with E-state index < -0.39 is 11.4 Å². The van der Waals surface area contributed by atoms with Crippen LogP contribution in [0.1, 0.15) is 6.42 Å². The number of nitrogens with zero attached hydrogens (tertiary/aromatic N) is 4. The summed E-state index contributed by atoms with van der Waals surface area (Å²) < 4.78 is 36.1. The van der Waals surface area contributed by atoms with Crippen LogP contribution in [0.25, 0.3) is 10.6 Å². The largest absolute Gasteiger partial charge is 0.441 e. The SMILES string of the molecule is CN(C(=O)CCSC(F)(F)F)c1nnc(-c2cccnc2)s1. The van der Waals surface area contributed by atoms with Gasteiger partial charge in [0.2, 0.25) is 11.0 Å². The van der Waals surface area contributed by atoms with Crippen molar-refractivity contribution in [3.63, 3.8) is 0 Å². The van der Waals surface area contributed by atoms with Gasteiger partial charge in [0, 0.05) is 37.2 Å². The summed E-state index contributed by atoms with van der Waals surface area (Å²) in [5.74, 6) is -0.758. The Kier molecular flexibility index (Phi) is 5.35. The minimum atomic E-state index is -4.32. The molecule has 2 aromatic rings. The molecule has 0 saturated carbocycles. The molecule has 0 aliphatic heterocycles. The van der Waals surface area contributed by atoms with Gasteiger partial charge in [-0.3, -0.25) is 14.7 Å². The number of carbonyl (C=O) groups excluding carboxylic acids is 1. The highest BCUT2D eigenvalue weighted by atomic mass is 32.2. The lowest BCUT2D eigenvalue weighted by molar-refractivity contribution is -0.117. The molecule has 0 spiro atoms. The summed E-state index contributed by atoms with van der Waals surface area (Å²) in [7, 11) is 1.47. The van der Waals surface area contributed by atoms with E-state index in [0.29, 0.717) is 10.1 Å². The number of thioether (sulfide) groups is 1. The normalized spacial score (nSPS) is 11.5. The number of anilines is 1. The van der Waals surface area contributed by atoms with Gasteiger partial charge in [0.15, 0.2) is 5.01 Å². The molecule has 10 heteroatoms. The molecule has 22 heavy (non-hydrogen) atoms. The number of hydrogen-bond acceptors (Lipinski definition) is 6. The van der Waals surface area contributed by atoms with Crippen LogP contribution in [0.5, 0.6) is 0 Å². The standard InChI is InChI=1S/C12H11F3N4OS2/c1-19(9(20)4-6-21-12(13,14)15)11-18-17-10(22-11)8-3-2-5-16-7-8/h2-3,5,7H,4,6H2,1H3. The topological polar surface area (TPSA) is 59.0 Å². The molecule has 0 aliphatic rings. The van der Waals surface area contributed by atoms with Crippen LogP contribution in [0.15, 0.2) is 24.5 Å². The van der Waals surface area contributed by atoms with E-state index in [4.69, 9.17) is 0 Å². The Morgan fingerprint density at radius 2 is 2.18 bits per heavy atom. The van der Waals surface area contributed by atoms with Crippen molar-refractivity contribution in [3.8, 4) is 10.6 Å². The number of hydrogen-bond donors (Lipinski definition) is 0. The summed E-state index contributed by atoms with van der Waals surface area (Å²) in [6.45, 7) is 0. The molecular formula is C12H11F3N4OS2. The third kappa shape index (κ3) is 4.67. The van der Waals surface area contributed by atoms with Gasteiger partial charge >= 0.3 is 5.51 Å². The summed E-state index contributed by atoms with van der Waals surface area (Å²) in [6, 6.07) is 3.55. The Labute approximate surface area is 132 Å². The lowest BCUT2D eigenvalue weighted by Gasteiger charge is -2.13. The number of pyridine rings is 1. The Morgan fingerprint density at radius 1 is 1.41 bits per heavy atom. The number of alkyl halides is 3. The fraction of sp³-hybridized carbons (Fsp3) is 0.333. The van der Waals surface area contributed by atoms with Crippen molar-refractivity contribution in [2.24, 2.45) is 0 Å². The summed E-state index contributed by atoms with van der Waals surface area (Å²) >= 11 is 0.963. The molecule has 0 atom stereocenters. The molecular weight excluding hydrogens is 337 g/mol. The van der Waals surface area contributed by atoms with E-state index in [9.17, 15) is 18.0 Å². The molecule has 0 saturated heterocycles. The van der Waals surface area contributed by atoms with E-state index in [-0.39, 0.29) is 23.9 Å². The number of rotatable bonds is 5. The highest BCUT2D eigenvalue weighted by Gasteiger charge is 2.28. The Bertz CT molecular complexity index is 633. The second-order valence-corrected chi connectivity index (χ2v) is 6.24. The predicted molar refractivity (Wildman–Crippen MR) is 79.7 cm³/mol. The van der Waals surface area contributed by atoms with Crippen LogP contribution in [0.4, 0.5) is 18.3 Å². The van der Waals surface area contributed by atoms with Crippen LogP contribution in [-0.2, 0) is 4.79 Å². The average Bonchev–Trinajstić information content (AvgIpc) is 2.95. The molecule has 0 radical (unpaired) electrons. The Balaban J connectivity index is 1.97. The first-order valence-electron chi connectivity index (χ1n) is 6.08. The molecule has 0 aliphatic carbocycles. The Hall–Kier alpha value is -1.68. The summed E-state index contributed by atoms with van der Waals surface area (Å²) in [6.07, 6.45) is 3.02. The van der Waals surface area contributed by atoms with Crippen molar-refractivity contribution in [2.45, 2.75) is 11.9 Å². The van der Waals surface area contributed by atoms with Crippen LogP contribution in [0.2, 0.25) is 0 Å². The van der Waals surface area contributed by atoms with Crippen LogP contribution in [0, 0.1) is 0 Å². The van der Waals surface area contributed by atoms with Crippen LogP contribution in [0.3, 0.4) is 0 Å². The summed E-state index contributed by atoms with van der Waals surface area (Å²) in [4.78, 5) is 17.0. The minimum absolute atomic E-state index is 0.212. The minimum Gasteiger partial charge on any atom is -0.290 e. The third-order valence-corrected chi connectivity index (χ3v) is 4.35. The number of aromatic nitrogens is 3. The monoisotopic (exact) mass is 348 g/mol. The molecule has 118 valence electrons. The highest BCUT2D eigenvalue weighted by Crippen LogP contribution is 2.31. The molecule has 0 aromatic carbocycles. The van der Waals surface area contributed by atoms with Crippen LogP contribution in [-0.4, -0.2) is 39.4 Å². The van der Waals surface area contributed by atoms with Gasteiger partial charge in [-0.05, 0) is 12.1 Å². The maximum Gasteiger partial charge on any atom is 0.441 e. The van der Waals surface area contributed by atoms with Gasteiger partial charge in [-0.2, -0.15) is 13.2 Å². The fourth-order valence-corrected chi connectivity index (χ4v) is 2.81. The highest BCUT2D eigenvalue weighted by molar-refractivity contribution is 8.00. The van der Waals surface area contributed by atoms with Crippen molar-refractivity contribution in [2.75, 3.05) is 17.7 Å². The number of amides is 1. The molecule has 2 aromatic heterocycles. The van der Waals surface area contributed by atoms with Gasteiger partial charge in [-0.15, -0.1) is 10.2 Å². The third-order valence-electron chi connectivity index (χ3n) is 2.57. The van der Waals surface area contributed by atoms with Crippen LogP contribution >= 0.6 is 23.1 Å².